The van der Waals surface area contributed by atoms with Crippen LogP contribution < -0.4 is 5.32 Å². The fraction of sp³-hybridized carbons (Fsp3) is 0.588. The quantitative estimate of drug-likeness (QED) is 0.919. The maximum Gasteiger partial charge on any atom is 0.251 e. The molecule has 3 nitrogen and oxygen atoms in total. The van der Waals surface area contributed by atoms with Gasteiger partial charge in [0.05, 0.1) is 0 Å². The Labute approximate surface area is 122 Å². The molecule has 1 aromatic carbocycles. The summed E-state index contributed by atoms with van der Waals surface area (Å²) in [5.41, 5.74) is 3.18. The maximum absolute atomic E-state index is 12.3. The van der Waals surface area contributed by atoms with E-state index in [9.17, 15) is 4.79 Å². The molecule has 0 aromatic heterocycles. The third-order valence-corrected chi connectivity index (χ3v) is 4.36. The average Bonchev–Trinajstić information content (AvgIpc) is 2.42. The second kappa shape index (κ2) is 6.40. The molecule has 20 heavy (non-hydrogen) atoms. The number of hydrogen-bond acceptors (Lipinski definition) is 2. The van der Waals surface area contributed by atoms with Crippen LogP contribution in [0, 0.1) is 13.8 Å². The van der Waals surface area contributed by atoms with Crippen LogP contribution in [-0.4, -0.2) is 36.0 Å². The van der Waals surface area contributed by atoms with E-state index in [1.807, 2.05) is 25.1 Å². The van der Waals surface area contributed by atoms with Crippen LogP contribution in [0.15, 0.2) is 18.2 Å². The van der Waals surface area contributed by atoms with Crippen LogP contribution in [-0.2, 0) is 0 Å². The van der Waals surface area contributed by atoms with E-state index in [0.29, 0.717) is 12.1 Å². The number of hydrogen-bond donors (Lipinski definition) is 1. The van der Waals surface area contributed by atoms with Crippen LogP contribution >= 0.6 is 0 Å². The van der Waals surface area contributed by atoms with Gasteiger partial charge in [-0.25, -0.2) is 0 Å². The van der Waals surface area contributed by atoms with Crippen molar-refractivity contribution in [2.24, 2.45) is 0 Å². The Morgan fingerprint density at radius 3 is 2.40 bits per heavy atom. The van der Waals surface area contributed by atoms with E-state index in [0.717, 1.165) is 31.5 Å². The number of likely N-dealkylation sites (tertiary alicyclic amines) is 1. The van der Waals surface area contributed by atoms with E-state index in [2.05, 4.69) is 31.0 Å². The molecule has 1 saturated heterocycles. The van der Waals surface area contributed by atoms with E-state index >= 15 is 0 Å². The van der Waals surface area contributed by atoms with Gasteiger partial charge in [0, 0.05) is 30.7 Å². The maximum atomic E-state index is 12.3. The molecule has 0 aliphatic carbocycles. The van der Waals surface area contributed by atoms with E-state index in [1.54, 1.807) is 0 Å². The minimum absolute atomic E-state index is 0.0658. The second-order valence-corrected chi connectivity index (χ2v) is 6.18. The lowest BCUT2D eigenvalue weighted by Gasteiger charge is -2.34. The summed E-state index contributed by atoms with van der Waals surface area (Å²) in [5, 5.41) is 3.18. The summed E-state index contributed by atoms with van der Waals surface area (Å²) < 4.78 is 0. The zero-order chi connectivity index (χ0) is 14.7. The largest absolute Gasteiger partial charge is 0.349 e. The summed E-state index contributed by atoms with van der Waals surface area (Å²) >= 11 is 0. The van der Waals surface area contributed by atoms with Crippen molar-refractivity contribution in [3.05, 3.63) is 34.9 Å². The van der Waals surface area contributed by atoms with Gasteiger partial charge in [0.25, 0.3) is 5.91 Å². The summed E-state index contributed by atoms with van der Waals surface area (Å²) in [6, 6.07) is 6.84. The Hall–Kier alpha value is -1.35. The highest BCUT2D eigenvalue weighted by Crippen LogP contribution is 2.14. The topological polar surface area (TPSA) is 32.3 Å². The smallest absolute Gasteiger partial charge is 0.251 e. The second-order valence-electron chi connectivity index (χ2n) is 6.18. The molecule has 0 spiro atoms. The first-order chi connectivity index (χ1) is 9.47. The van der Waals surface area contributed by atoms with Gasteiger partial charge in [-0.15, -0.1) is 0 Å². The van der Waals surface area contributed by atoms with E-state index in [1.165, 1.54) is 11.1 Å². The normalized spacial score (nSPS) is 17.4. The van der Waals surface area contributed by atoms with Gasteiger partial charge in [0.1, 0.15) is 0 Å². The molecular formula is C17H26N2O. The van der Waals surface area contributed by atoms with Gasteiger partial charge in [-0.3, -0.25) is 4.79 Å². The van der Waals surface area contributed by atoms with E-state index in [-0.39, 0.29) is 5.91 Å². The fourth-order valence-electron chi connectivity index (χ4n) is 2.71. The lowest BCUT2D eigenvalue weighted by atomic mass is 10.0. The lowest BCUT2D eigenvalue weighted by molar-refractivity contribution is 0.0900. The van der Waals surface area contributed by atoms with Crippen LogP contribution in [0.2, 0.25) is 0 Å². The average molecular weight is 274 g/mol. The predicted molar refractivity (Wildman–Crippen MR) is 83.1 cm³/mol. The highest BCUT2D eigenvalue weighted by Gasteiger charge is 2.22. The van der Waals surface area contributed by atoms with E-state index < -0.39 is 0 Å². The standard InChI is InChI=1S/C17H26N2O/c1-12(2)19-9-7-16(8-10-19)18-17(20)15-6-5-13(3)14(4)11-15/h5-6,11-12,16H,7-10H2,1-4H3,(H,18,20). The van der Waals surface area contributed by atoms with Gasteiger partial charge >= 0.3 is 0 Å². The highest BCUT2D eigenvalue weighted by molar-refractivity contribution is 5.94. The Bertz CT molecular complexity index is 474. The summed E-state index contributed by atoms with van der Waals surface area (Å²) in [5.74, 6) is 0.0658. The molecule has 1 heterocycles. The first-order valence-corrected chi connectivity index (χ1v) is 7.59. The third kappa shape index (κ3) is 3.60. The van der Waals surface area contributed by atoms with Gasteiger partial charge < -0.3 is 10.2 Å². The molecule has 0 unspecified atom stereocenters. The van der Waals surface area contributed by atoms with Crippen LogP contribution in [0.25, 0.3) is 0 Å². The highest BCUT2D eigenvalue weighted by atomic mass is 16.1. The minimum Gasteiger partial charge on any atom is -0.349 e. The van der Waals surface area contributed by atoms with Crippen molar-refractivity contribution in [1.29, 1.82) is 0 Å². The first-order valence-electron chi connectivity index (χ1n) is 7.59. The van der Waals surface area contributed by atoms with Gasteiger partial charge in [0.15, 0.2) is 0 Å². The molecule has 1 fully saturated rings. The molecule has 0 atom stereocenters. The third-order valence-electron chi connectivity index (χ3n) is 4.36. The number of nitrogens with zero attached hydrogens (tertiary/aromatic N) is 1. The number of carbonyl (C=O) groups is 1. The number of piperidine rings is 1. The molecule has 1 amide bonds. The molecule has 0 saturated carbocycles. The summed E-state index contributed by atoms with van der Waals surface area (Å²) in [6.07, 6.45) is 2.10. The fourth-order valence-corrected chi connectivity index (χ4v) is 2.71. The predicted octanol–water partition coefficient (Wildman–Crippen LogP) is 2.91. The summed E-state index contributed by atoms with van der Waals surface area (Å²) in [7, 11) is 0. The van der Waals surface area contributed by atoms with Crippen molar-refractivity contribution in [1.82, 2.24) is 10.2 Å². The molecule has 2 rings (SSSR count). The van der Waals surface area contributed by atoms with Gasteiger partial charge in [-0.2, -0.15) is 0 Å². The van der Waals surface area contributed by atoms with E-state index in [4.69, 9.17) is 0 Å². The van der Waals surface area contributed by atoms with Gasteiger partial charge in [-0.05, 0) is 63.8 Å². The Morgan fingerprint density at radius 1 is 1.20 bits per heavy atom. The van der Waals surface area contributed by atoms with Crippen molar-refractivity contribution in [3.63, 3.8) is 0 Å². The van der Waals surface area contributed by atoms with Crippen molar-refractivity contribution in [2.45, 2.75) is 52.6 Å². The number of amides is 1. The van der Waals surface area contributed by atoms with Crippen LogP contribution in [0.5, 0.6) is 0 Å². The van der Waals surface area contributed by atoms with Crippen molar-refractivity contribution >= 4 is 5.91 Å². The number of aryl methyl sites for hydroxylation is 2. The first kappa shape index (κ1) is 15.0. The van der Waals surface area contributed by atoms with Crippen LogP contribution in [0.4, 0.5) is 0 Å². The molecule has 1 aliphatic rings. The SMILES string of the molecule is Cc1ccc(C(=O)NC2CCN(C(C)C)CC2)cc1C. The molecule has 1 N–H and O–H groups in total. The molecule has 110 valence electrons. The molecule has 1 aromatic rings. The number of rotatable bonds is 3. The van der Waals surface area contributed by atoms with Gasteiger partial charge in [-0.1, -0.05) is 6.07 Å². The van der Waals surface area contributed by atoms with Crippen LogP contribution in [0.3, 0.4) is 0 Å². The molecule has 1 aliphatic heterocycles. The zero-order valence-electron chi connectivity index (χ0n) is 13.1. The minimum atomic E-state index is 0.0658. The molecular weight excluding hydrogens is 248 g/mol. The van der Waals surface area contributed by atoms with Gasteiger partial charge in [0.2, 0.25) is 0 Å². The van der Waals surface area contributed by atoms with Crippen molar-refractivity contribution < 1.29 is 4.79 Å². The number of nitrogens with one attached hydrogen (secondary N) is 1. The molecule has 0 radical (unpaired) electrons. The Balaban J connectivity index is 1.91. The van der Waals surface area contributed by atoms with Crippen molar-refractivity contribution in [3.8, 4) is 0 Å². The number of benzene rings is 1. The number of carbonyl (C=O) groups excluding carboxylic acids is 1. The van der Waals surface area contributed by atoms with Crippen molar-refractivity contribution in [2.75, 3.05) is 13.1 Å². The molecule has 3 heteroatoms. The van der Waals surface area contributed by atoms with Crippen LogP contribution in [0.1, 0.15) is 48.2 Å². The molecule has 0 bridgehead atoms. The Kier molecular flexibility index (Phi) is 4.81. The zero-order valence-corrected chi connectivity index (χ0v) is 13.1. The summed E-state index contributed by atoms with van der Waals surface area (Å²) in [4.78, 5) is 14.7. The monoisotopic (exact) mass is 274 g/mol. The lowest BCUT2D eigenvalue weighted by Crippen LogP contribution is -2.46. The summed E-state index contributed by atoms with van der Waals surface area (Å²) in [6.45, 7) is 10.7. The Morgan fingerprint density at radius 2 is 1.85 bits per heavy atom.